The Morgan fingerprint density at radius 2 is 2.19 bits per heavy atom. The van der Waals surface area contributed by atoms with Crippen LogP contribution in [-0.4, -0.2) is 43.5 Å². The maximum absolute atomic E-state index is 12.7. The number of carboxylic acids is 1. The van der Waals surface area contributed by atoms with Gasteiger partial charge in [-0.2, -0.15) is 4.31 Å². The summed E-state index contributed by atoms with van der Waals surface area (Å²) in [4.78, 5) is 11.1. The van der Waals surface area contributed by atoms with E-state index in [9.17, 15) is 13.2 Å². The van der Waals surface area contributed by atoms with Gasteiger partial charge in [-0.25, -0.2) is 8.42 Å². The first-order valence-corrected chi connectivity index (χ1v) is 8.27. The van der Waals surface area contributed by atoms with Gasteiger partial charge in [-0.15, -0.1) is 0 Å². The second-order valence-corrected chi connectivity index (χ2v) is 6.93. The van der Waals surface area contributed by atoms with E-state index in [1.54, 1.807) is 12.1 Å². The lowest BCUT2D eigenvalue weighted by Gasteiger charge is -2.33. The van der Waals surface area contributed by atoms with Gasteiger partial charge >= 0.3 is 5.97 Å². The molecule has 0 aromatic heterocycles. The Labute approximate surface area is 124 Å². The van der Waals surface area contributed by atoms with Gasteiger partial charge in [0.2, 0.25) is 10.0 Å². The van der Waals surface area contributed by atoms with Crippen molar-refractivity contribution in [3.05, 3.63) is 24.3 Å². The third-order valence-corrected chi connectivity index (χ3v) is 5.58. The lowest BCUT2D eigenvalue weighted by molar-refractivity contribution is -0.138. The monoisotopic (exact) mass is 313 g/mol. The molecule has 0 aliphatic carbocycles. The molecule has 1 atom stereocenters. The molecular weight excluding hydrogens is 294 g/mol. The molecule has 0 saturated carbocycles. The van der Waals surface area contributed by atoms with Crippen molar-refractivity contribution < 1.29 is 23.1 Å². The molecule has 0 spiro atoms. The summed E-state index contributed by atoms with van der Waals surface area (Å²) in [5.41, 5.74) is 0. The summed E-state index contributed by atoms with van der Waals surface area (Å²) in [7, 11) is -2.23. The van der Waals surface area contributed by atoms with Crippen LogP contribution in [0.5, 0.6) is 5.75 Å². The minimum atomic E-state index is -3.70. The SMILES string of the molecule is COc1cccc(S(=O)(=O)N2CCCCC2CC(=O)O)c1. The van der Waals surface area contributed by atoms with Crippen molar-refractivity contribution in [2.75, 3.05) is 13.7 Å². The highest BCUT2D eigenvalue weighted by Crippen LogP contribution is 2.28. The summed E-state index contributed by atoms with van der Waals surface area (Å²) in [6, 6.07) is 5.77. The van der Waals surface area contributed by atoms with E-state index in [4.69, 9.17) is 9.84 Å². The van der Waals surface area contributed by atoms with Gasteiger partial charge in [-0.3, -0.25) is 4.79 Å². The summed E-state index contributed by atoms with van der Waals surface area (Å²) in [5.74, 6) is -0.518. The van der Waals surface area contributed by atoms with Crippen LogP contribution in [0.3, 0.4) is 0 Å². The number of ether oxygens (including phenoxy) is 1. The largest absolute Gasteiger partial charge is 0.497 e. The molecule has 2 rings (SSSR count). The van der Waals surface area contributed by atoms with Crippen molar-refractivity contribution >= 4 is 16.0 Å². The van der Waals surface area contributed by atoms with E-state index < -0.39 is 22.0 Å². The second kappa shape index (κ2) is 6.44. The molecule has 1 aromatic rings. The zero-order chi connectivity index (χ0) is 15.5. The first-order valence-electron chi connectivity index (χ1n) is 6.83. The van der Waals surface area contributed by atoms with Crippen LogP contribution in [0.15, 0.2) is 29.2 Å². The Morgan fingerprint density at radius 3 is 2.86 bits per heavy atom. The van der Waals surface area contributed by atoms with Gasteiger partial charge in [0.25, 0.3) is 0 Å². The van der Waals surface area contributed by atoms with Gasteiger partial charge < -0.3 is 9.84 Å². The highest BCUT2D eigenvalue weighted by molar-refractivity contribution is 7.89. The fourth-order valence-electron chi connectivity index (χ4n) is 2.59. The molecule has 1 aliphatic heterocycles. The van der Waals surface area contributed by atoms with Crippen molar-refractivity contribution in [2.45, 2.75) is 36.6 Å². The normalized spacial score (nSPS) is 20.1. The molecule has 0 amide bonds. The van der Waals surface area contributed by atoms with Crippen LogP contribution in [0.25, 0.3) is 0 Å². The summed E-state index contributed by atoms with van der Waals surface area (Å²) in [6.45, 7) is 0.359. The molecule has 1 N–H and O–H groups in total. The van der Waals surface area contributed by atoms with E-state index in [1.165, 1.54) is 23.5 Å². The van der Waals surface area contributed by atoms with Gasteiger partial charge in [-0.05, 0) is 25.0 Å². The van der Waals surface area contributed by atoms with Gasteiger partial charge in [-0.1, -0.05) is 12.5 Å². The molecule has 0 bridgehead atoms. The van der Waals surface area contributed by atoms with Crippen LogP contribution in [0.2, 0.25) is 0 Å². The highest BCUT2D eigenvalue weighted by atomic mass is 32.2. The van der Waals surface area contributed by atoms with Gasteiger partial charge in [0.05, 0.1) is 18.4 Å². The Morgan fingerprint density at radius 1 is 1.43 bits per heavy atom. The molecule has 6 nitrogen and oxygen atoms in total. The number of piperidine rings is 1. The average Bonchev–Trinajstić information content (AvgIpc) is 2.47. The maximum Gasteiger partial charge on any atom is 0.304 e. The van der Waals surface area contributed by atoms with E-state index in [0.29, 0.717) is 18.7 Å². The number of methoxy groups -OCH3 is 1. The molecule has 1 aromatic carbocycles. The summed E-state index contributed by atoms with van der Waals surface area (Å²) >= 11 is 0. The van der Waals surface area contributed by atoms with Gasteiger partial charge in [0.15, 0.2) is 0 Å². The average molecular weight is 313 g/mol. The Bertz CT molecular complexity index is 614. The molecule has 1 heterocycles. The molecule has 116 valence electrons. The van der Waals surface area contributed by atoms with E-state index in [2.05, 4.69) is 0 Å². The van der Waals surface area contributed by atoms with Crippen LogP contribution in [0.1, 0.15) is 25.7 Å². The number of nitrogens with zero attached hydrogens (tertiary/aromatic N) is 1. The van der Waals surface area contributed by atoms with Crippen LogP contribution >= 0.6 is 0 Å². The fourth-order valence-corrected chi connectivity index (χ4v) is 4.32. The number of hydrogen-bond donors (Lipinski definition) is 1. The van der Waals surface area contributed by atoms with E-state index in [1.807, 2.05) is 0 Å². The molecule has 1 fully saturated rings. The topological polar surface area (TPSA) is 83.9 Å². The number of rotatable bonds is 5. The quantitative estimate of drug-likeness (QED) is 0.894. The lowest BCUT2D eigenvalue weighted by Crippen LogP contribution is -2.44. The Hall–Kier alpha value is -1.60. The first kappa shape index (κ1) is 15.8. The number of carbonyl (C=O) groups is 1. The summed E-state index contributed by atoms with van der Waals surface area (Å²) in [6.07, 6.45) is 2.01. The minimum Gasteiger partial charge on any atom is -0.497 e. The van der Waals surface area contributed by atoms with Crippen LogP contribution in [0.4, 0.5) is 0 Å². The zero-order valence-electron chi connectivity index (χ0n) is 11.9. The number of hydrogen-bond acceptors (Lipinski definition) is 4. The van der Waals surface area contributed by atoms with Gasteiger partial charge in [0, 0.05) is 18.7 Å². The Balaban J connectivity index is 2.33. The van der Waals surface area contributed by atoms with Crippen molar-refractivity contribution in [1.82, 2.24) is 4.31 Å². The van der Waals surface area contributed by atoms with Crippen molar-refractivity contribution in [3.63, 3.8) is 0 Å². The van der Waals surface area contributed by atoms with Crippen molar-refractivity contribution in [1.29, 1.82) is 0 Å². The second-order valence-electron chi connectivity index (χ2n) is 5.04. The number of sulfonamides is 1. The third-order valence-electron chi connectivity index (χ3n) is 3.63. The summed E-state index contributed by atoms with van der Waals surface area (Å²) < 4.78 is 31.8. The fraction of sp³-hybridized carbons (Fsp3) is 0.500. The molecule has 7 heteroatoms. The molecular formula is C14H19NO5S. The van der Waals surface area contributed by atoms with E-state index in [0.717, 1.165) is 12.8 Å². The molecule has 1 aliphatic rings. The predicted octanol–water partition coefficient (Wildman–Crippen LogP) is 1.71. The van der Waals surface area contributed by atoms with Crippen LogP contribution in [-0.2, 0) is 14.8 Å². The molecule has 21 heavy (non-hydrogen) atoms. The van der Waals surface area contributed by atoms with E-state index in [-0.39, 0.29) is 11.3 Å². The zero-order valence-corrected chi connectivity index (χ0v) is 12.7. The Kier molecular flexibility index (Phi) is 4.84. The number of carboxylic acid groups (broad SMARTS) is 1. The lowest BCUT2D eigenvalue weighted by atomic mass is 10.0. The van der Waals surface area contributed by atoms with Crippen LogP contribution in [0, 0.1) is 0 Å². The van der Waals surface area contributed by atoms with Crippen LogP contribution < -0.4 is 4.74 Å². The summed E-state index contributed by atoms with van der Waals surface area (Å²) in [5, 5.41) is 8.96. The maximum atomic E-state index is 12.7. The van der Waals surface area contributed by atoms with Crippen molar-refractivity contribution in [3.8, 4) is 5.75 Å². The number of aliphatic carboxylic acids is 1. The minimum absolute atomic E-state index is 0.138. The molecule has 1 unspecified atom stereocenters. The highest BCUT2D eigenvalue weighted by Gasteiger charge is 2.34. The number of benzene rings is 1. The smallest absolute Gasteiger partial charge is 0.304 e. The first-order chi connectivity index (χ1) is 9.95. The molecule has 0 radical (unpaired) electrons. The van der Waals surface area contributed by atoms with Crippen molar-refractivity contribution in [2.24, 2.45) is 0 Å². The van der Waals surface area contributed by atoms with E-state index >= 15 is 0 Å². The molecule has 1 saturated heterocycles. The van der Waals surface area contributed by atoms with Gasteiger partial charge in [0.1, 0.15) is 5.75 Å². The predicted molar refractivity (Wildman–Crippen MR) is 76.8 cm³/mol. The standard InChI is InChI=1S/C14H19NO5S/c1-20-12-6-4-7-13(10-12)21(18,19)15-8-3-2-5-11(15)9-14(16)17/h4,6-7,10-11H,2-3,5,8-9H2,1H3,(H,16,17). The third kappa shape index (κ3) is 3.54.